The van der Waals surface area contributed by atoms with Crippen LogP contribution in [0.2, 0.25) is 0 Å². The average molecular weight is 346 g/mol. The molecule has 1 aliphatic rings. The third-order valence-electron chi connectivity index (χ3n) is 4.54. The summed E-state index contributed by atoms with van der Waals surface area (Å²) in [6.07, 6.45) is 2.16. The average Bonchev–Trinajstić information content (AvgIpc) is 3.44. The summed E-state index contributed by atoms with van der Waals surface area (Å²) in [5.74, 6) is -1.07. The maximum absolute atomic E-state index is 13.2. The van der Waals surface area contributed by atoms with Crippen molar-refractivity contribution in [3.05, 3.63) is 59.7 Å². The lowest BCUT2D eigenvalue weighted by molar-refractivity contribution is 0.0898. The molecule has 0 bridgehead atoms. The minimum absolute atomic E-state index is 0.181. The van der Waals surface area contributed by atoms with E-state index in [0.717, 1.165) is 25.0 Å². The minimum Gasteiger partial charge on any atom is -0.457 e. The highest BCUT2D eigenvalue weighted by molar-refractivity contribution is 5.94. The van der Waals surface area contributed by atoms with Gasteiger partial charge in [-0.1, -0.05) is 0 Å². The summed E-state index contributed by atoms with van der Waals surface area (Å²) < 4.78 is 31.6. The number of ether oxygens (including phenoxy) is 1. The first kappa shape index (κ1) is 17.4. The topological polar surface area (TPSA) is 64.3 Å². The number of benzene rings is 2. The molecular weight excluding hydrogens is 326 g/mol. The number of nitrogens with one attached hydrogen (secondary N) is 1. The molecule has 25 heavy (non-hydrogen) atoms. The number of hydrogen-bond acceptors (Lipinski definition) is 3. The first-order valence-electron chi connectivity index (χ1n) is 8.17. The Hall–Kier alpha value is -2.47. The van der Waals surface area contributed by atoms with Crippen molar-refractivity contribution in [2.24, 2.45) is 11.7 Å². The zero-order valence-electron chi connectivity index (χ0n) is 13.9. The highest BCUT2D eigenvalue weighted by Gasteiger charge is 2.41. The molecule has 1 amide bonds. The number of hydrogen-bond donors (Lipinski definition) is 2. The summed E-state index contributed by atoms with van der Waals surface area (Å²) in [6.45, 7) is 2.35. The van der Waals surface area contributed by atoms with Crippen molar-refractivity contribution in [1.29, 1.82) is 0 Å². The van der Waals surface area contributed by atoms with E-state index in [-0.39, 0.29) is 11.7 Å². The molecule has 3 N–H and O–H groups in total. The zero-order chi connectivity index (χ0) is 18.0. The molecule has 0 spiro atoms. The zero-order valence-corrected chi connectivity index (χ0v) is 13.9. The van der Waals surface area contributed by atoms with Crippen LogP contribution in [0, 0.1) is 17.6 Å². The smallest absolute Gasteiger partial charge is 0.251 e. The molecule has 0 aromatic heterocycles. The van der Waals surface area contributed by atoms with Crippen LogP contribution in [0.25, 0.3) is 0 Å². The summed E-state index contributed by atoms with van der Waals surface area (Å²) in [4.78, 5) is 12.4. The molecule has 1 aliphatic carbocycles. The van der Waals surface area contributed by atoms with E-state index in [0.29, 0.717) is 23.8 Å². The van der Waals surface area contributed by atoms with Crippen molar-refractivity contribution >= 4 is 5.91 Å². The number of nitrogens with two attached hydrogens (primary N) is 1. The Balaban J connectivity index is 1.67. The second-order valence-corrected chi connectivity index (χ2v) is 6.55. The quantitative estimate of drug-likeness (QED) is 0.840. The molecule has 2 aromatic carbocycles. The second kappa shape index (κ2) is 6.80. The van der Waals surface area contributed by atoms with Gasteiger partial charge in [-0.05, 0) is 62.1 Å². The van der Waals surface area contributed by atoms with Gasteiger partial charge in [0.15, 0.2) is 11.6 Å². The Morgan fingerprint density at radius 2 is 1.80 bits per heavy atom. The molecule has 1 fully saturated rings. The summed E-state index contributed by atoms with van der Waals surface area (Å²) >= 11 is 0. The normalized spacial score (nSPS) is 16.2. The predicted molar refractivity (Wildman–Crippen MR) is 90.5 cm³/mol. The third-order valence-corrected chi connectivity index (χ3v) is 4.54. The van der Waals surface area contributed by atoms with Crippen LogP contribution in [0.5, 0.6) is 11.5 Å². The molecule has 0 aliphatic heterocycles. The molecule has 1 unspecified atom stereocenters. The van der Waals surface area contributed by atoms with Gasteiger partial charge in [0.05, 0.1) is 5.54 Å². The van der Waals surface area contributed by atoms with Crippen LogP contribution in [0.3, 0.4) is 0 Å². The fourth-order valence-electron chi connectivity index (χ4n) is 2.72. The van der Waals surface area contributed by atoms with E-state index in [1.54, 1.807) is 24.3 Å². The van der Waals surface area contributed by atoms with Crippen molar-refractivity contribution in [2.45, 2.75) is 25.3 Å². The fourth-order valence-corrected chi connectivity index (χ4v) is 2.72. The Morgan fingerprint density at radius 3 is 2.36 bits per heavy atom. The SMILES string of the molecule is CC(CN)(NC(=O)c1ccc(Oc2ccc(F)c(F)c2)cc1)C1CC1. The maximum atomic E-state index is 13.2. The molecule has 6 heteroatoms. The number of amides is 1. The first-order chi connectivity index (χ1) is 11.9. The fraction of sp³-hybridized carbons (Fsp3) is 0.316. The van der Waals surface area contributed by atoms with E-state index in [9.17, 15) is 13.6 Å². The predicted octanol–water partition coefficient (Wildman–Crippen LogP) is 3.61. The molecule has 3 rings (SSSR count). The van der Waals surface area contributed by atoms with Crippen molar-refractivity contribution in [3.8, 4) is 11.5 Å². The van der Waals surface area contributed by atoms with Gasteiger partial charge in [-0.2, -0.15) is 0 Å². The lowest BCUT2D eigenvalue weighted by Gasteiger charge is -2.29. The maximum Gasteiger partial charge on any atom is 0.251 e. The molecule has 0 radical (unpaired) electrons. The Morgan fingerprint density at radius 1 is 1.16 bits per heavy atom. The highest BCUT2D eigenvalue weighted by atomic mass is 19.2. The van der Waals surface area contributed by atoms with Crippen LogP contribution in [0.4, 0.5) is 8.78 Å². The molecular formula is C19H20F2N2O2. The lowest BCUT2D eigenvalue weighted by atomic mass is 9.95. The Bertz CT molecular complexity index is 775. The van der Waals surface area contributed by atoms with E-state index in [1.165, 1.54) is 6.07 Å². The van der Waals surface area contributed by atoms with Gasteiger partial charge in [-0.15, -0.1) is 0 Å². The monoisotopic (exact) mass is 346 g/mol. The minimum atomic E-state index is -0.977. The number of carbonyl (C=O) groups is 1. The van der Waals surface area contributed by atoms with Gasteiger partial charge >= 0.3 is 0 Å². The molecule has 2 aromatic rings. The molecule has 132 valence electrons. The summed E-state index contributed by atoms with van der Waals surface area (Å²) in [5, 5.41) is 3.01. The molecule has 0 saturated heterocycles. The number of rotatable bonds is 6. The van der Waals surface area contributed by atoms with Crippen molar-refractivity contribution < 1.29 is 18.3 Å². The van der Waals surface area contributed by atoms with Crippen LogP contribution in [-0.4, -0.2) is 18.0 Å². The van der Waals surface area contributed by atoms with Gasteiger partial charge in [-0.3, -0.25) is 4.79 Å². The van der Waals surface area contributed by atoms with Crippen molar-refractivity contribution in [1.82, 2.24) is 5.32 Å². The standard InChI is InChI=1S/C19H20F2N2O2/c1-19(11-22,13-4-5-13)23-18(24)12-2-6-14(7-3-12)25-15-8-9-16(20)17(21)10-15/h2-3,6-10,13H,4-5,11,22H2,1H3,(H,23,24). The van der Waals surface area contributed by atoms with E-state index in [1.807, 2.05) is 6.92 Å². The first-order valence-corrected chi connectivity index (χ1v) is 8.17. The van der Waals surface area contributed by atoms with E-state index in [4.69, 9.17) is 10.5 Å². The van der Waals surface area contributed by atoms with Crippen LogP contribution in [-0.2, 0) is 0 Å². The van der Waals surface area contributed by atoms with E-state index in [2.05, 4.69) is 5.32 Å². The second-order valence-electron chi connectivity index (χ2n) is 6.55. The Labute approximate surface area is 145 Å². The van der Waals surface area contributed by atoms with Gasteiger partial charge in [0.1, 0.15) is 11.5 Å². The van der Waals surface area contributed by atoms with Crippen LogP contribution in [0.1, 0.15) is 30.1 Å². The van der Waals surface area contributed by atoms with E-state index < -0.39 is 17.2 Å². The highest BCUT2D eigenvalue weighted by Crippen LogP contribution is 2.39. The molecule has 4 nitrogen and oxygen atoms in total. The third kappa shape index (κ3) is 3.96. The lowest BCUT2D eigenvalue weighted by Crippen LogP contribution is -2.53. The van der Waals surface area contributed by atoms with Crippen LogP contribution >= 0.6 is 0 Å². The Kier molecular flexibility index (Phi) is 4.72. The summed E-state index contributed by atoms with van der Waals surface area (Å²) in [7, 11) is 0. The molecule has 1 saturated carbocycles. The molecule has 0 heterocycles. The van der Waals surface area contributed by atoms with Crippen molar-refractivity contribution in [3.63, 3.8) is 0 Å². The van der Waals surface area contributed by atoms with Gasteiger partial charge in [0.25, 0.3) is 5.91 Å². The van der Waals surface area contributed by atoms with Gasteiger partial charge < -0.3 is 15.8 Å². The molecule has 1 atom stereocenters. The summed E-state index contributed by atoms with van der Waals surface area (Å²) in [6, 6.07) is 9.75. The van der Waals surface area contributed by atoms with E-state index >= 15 is 0 Å². The van der Waals surface area contributed by atoms with Gasteiger partial charge in [-0.25, -0.2) is 8.78 Å². The van der Waals surface area contributed by atoms with Crippen molar-refractivity contribution in [2.75, 3.05) is 6.54 Å². The number of halogens is 2. The number of carbonyl (C=O) groups excluding carboxylic acids is 1. The van der Waals surface area contributed by atoms with Crippen LogP contribution in [0.15, 0.2) is 42.5 Å². The van der Waals surface area contributed by atoms with Gasteiger partial charge in [0.2, 0.25) is 0 Å². The van der Waals surface area contributed by atoms with Crippen LogP contribution < -0.4 is 15.8 Å². The summed E-state index contributed by atoms with van der Waals surface area (Å²) in [5.41, 5.74) is 5.91. The largest absolute Gasteiger partial charge is 0.457 e. The van der Waals surface area contributed by atoms with Gasteiger partial charge in [0, 0.05) is 18.2 Å².